The van der Waals surface area contributed by atoms with Gasteiger partial charge in [-0.05, 0) is 61.9 Å². The van der Waals surface area contributed by atoms with Crippen LogP contribution >= 0.6 is 0 Å². The molecular weight excluding hydrogens is 404 g/mol. The normalized spacial score (nSPS) is 16.6. The van der Waals surface area contributed by atoms with Gasteiger partial charge in [-0.3, -0.25) is 14.5 Å². The summed E-state index contributed by atoms with van der Waals surface area (Å²) in [5, 5.41) is 11.8. The molecule has 0 radical (unpaired) electrons. The Labute approximate surface area is 185 Å². The number of amides is 1. The number of nitrogens with one attached hydrogen (secondary N) is 1. The van der Waals surface area contributed by atoms with Crippen LogP contribution in [0.4, 0.5) is 5.95 Å². The first-order valence-electron chi connectivity index (χ1n) is 11.0. The predicted octanol–water partition coefficient (Wildman–Crippen LogP) is 3.02. The van der Waals surface area contributed by atoms with Crippen molar-refractivity contribution in [2.75, 3.05) is 5.73 Å². The Kier molecular flexibility index (Phi) is 5.08. The fourth-order valence-corrected chi connectivity index (χ4v) is 4.23. The monoisotopic (exact) mass is 430 g/mol. The molecule has 2 atom stereocenters. The number of nitrogen functional groups attached to an aromatic ring is 1. The lowest BCUT2D eigenvalue weighted by Crippen LogP contribution is -2.33. The van der Waals surface area contributed by atoms with Gasteiger partial charge in [0.15, 0.2) is 5.65 Å². The van der Waals surface area contributed by atoms with Gasteiger partial charge in [0.05, 0.1) is 17.9 Å². The summed E-state index contributed by atoms with van der Waals surface area (Å²) in [6, 6.07) is 7.97. The molecule has 5 rings (SSSR count). The Hall–Kier alpha value is -3.75. The second kappa shape index (κ2) is 8.07. The topological polar surface area (TPSA) is 116 Å². The maximum atomic E-state index is 12.9. The third-order valence-corrected chi connectivity index (χ3v) is 6.10. The predicted molar refractivity (Wildman–Crippen MR) is 121 cm³/mol. The van der Waals surface area contributed by atoms with Crippen molar-refractivity contribution in [1.82, 2.24) is 34.7 Å². The van der Waals surface area contributed by atoms with Crippen LogP contribution in [-0.2, 0) is 6.42 Å². The number of fused-ring (bicyclic) bond motifs is 2. The zero-order valence-corrected chi connectivity index (χ0v) is 18.2. The zero-order chi connectivity index (χ0) is 22.2. The summed E-state index contributed by atoms with van der Waals surface area (Å²) in [6.07, 6.45) is 9.64. The molecule has 9 nitrogen and oxygen atoms in total. The van der Waals surface area contributed by atoms with E-state index in [1.54, 1.807) is 0 Å². The first-order chi connectivity index (χ1) is 15.5. The maximum absolute atomic E-state index is 12.9. The molecule has 0 spiro atoms. The van der Waals surface area contributed by atoms with Crippen LogP contribution in [0.2, 0.25) is 0 Å². The number of nitrogens with zero attached hydrogens (tertiary/aromatic N) is 6. The van der Waals surface area contributed by atoms with Crippen LogP contribution in [0.5, 0.6) is 0 Å². The first-order valence-corrected chi connectivity index (χ1v) is 11.0. The number of carbonyl (C=O) groups is 1. The third-order valence-electron chi connectivity index (χ3n) is 6.10. The molecule has 1 aliphatic rings. The van der Waals surface area contributed by atoms with Crippen molar-refractivity contribution in [2.45, 2.75) is 51.6 Å². The van der Waals surface area contributed by atoms with Crippen LogP contribution in [0.15, 0.2) is 42.9 Å². The Balaban J connectivity index is 1.54. The van der Waals surface area contributed by atoms with Gasteiger partial charge in [0.1, 0.15) is 5.69 Å². The number of aromatic nitrogens is 6. The van der Waals surface area contributed by atoms with Crippen LogP contribution in [0, 0.1) is 0 Å². The Morgan fingerprint density at radius 2 is 2.22 bits per heavy atom. The average molecular weight is 431 g/mol. The molecule has 1 unspecified atom stereocenters. The van der Waals surface area contributed by atoms with E-state index in [1.807, 2.05) is 55.3 Å². The summed E-state index contributed by atoms with van der Waals surface area (Å²) in [5.74, 6) is -0.0887. The molecular formula is C23H26N8O. The number of nitrogens with two attached hydrogens (primary N) is 1. The summed E-state index contributed by atoms with van der Waals surface area (Å²) in [5.41, 5.74) is 10.8. The molecule has 0 fully saturated rings. The molecule has 4 aromatic rings. The van der Waals surface area contributed by atoms with Crippen molar-refractivity contribution in [3.8, 4) is 11.1 Å². The molecule has 0 saturated carbocycles. The Morgan fingerprint density at radius 3 is 3.06 bits per heavy atom. The number of rotatable bonds is 5. The van der Waals surface area contributed by atoms with Crippen LogP contribution in [0.3, 0.4) is 0 Å². The smallest absolute Gasteiger partial charge is 0.270 e. The quantitative estimate of drug-likeness (QED) is 0.503. The van der Waals surface area contributed by atoms with Gasteiger partial charge in [-0.15, -0.1) is 5.10 Å². The molecule has 0 saturated heterocycles. The van der Waals surface area contributed by atoms with Gasteiger partial charge in [-0.2, -0.15) is 10.1 Å². The highest BCUT2D eigenvalue weighted by molar-refractivity contribution is 5.95. The molecule has 0 aromatic carbocycles. The number of pyridine rings is 2. The van der Waals surface area contributed by atoms with Crippen molar-refractivity contribution in [3.05, 3.63) is 59.8 Å². The largest absolute Gasteiger partial charge is 0.366 e. The number of anilines is 1. The fourth-order valence-electron chi connectivity index (χ4n) is 4.23. The summed E-state index contributed by atoms with van der Waals surface area (Å²) in [4.78, 5) is 21.8. The molecule has 4 heterocycles. The van der Waals surface area contributed by atoms with E-state index in [9.17, 15) is 4.79 Å². The van der Waals surface area contributed by atoms with E-state index in [0.29, 0.717) is 11.3 Å². The number of carbonyl (C=O) groups excluding carboxylic acids is 1. The molecule has 3 N–H and O–H groups in total. The average Bonchev–Trinajstić information content (AvgIpc) is 3.44. The summed E-state index contributed by atoms with van der Waals surface area (Å²) in [7, 11) is 0. The number of hydrogen-bond acceptors (Lipinski definition) is 6. The lowest BCUT2D eigenvalue weighted by atomic mass is 9.92. The lowest BCUT2D eigenvalue weighted by molar-refractivity contribution is 0.0932. The van der Waals surface area contributed by atoms with Gasteiger partial charge >= 0.3 is 0 Å². The van der Waals surface area contributed by atoms with Gasteiger partial charge < -0.3 is 11.1 Å². The minimum absolute atomic E-state index is 0.0451. The lowest BCUT2D eigenvalue weighted by Gasteiger charge is -2.24. The zero-order valence-electron chi connectivity index (χ0n) is 18.2. The molecule has 1 aliphatic carbocycles. The van der Waals surface area contributed by atoms with Crippen LogP contribution < -0.4 is 11.1 Å². The standard InChI is InChI=1S/C23H26N8O/c1-3-14(2)27-22(32)19-10-16(11-20-28-23(24)29-31(19)20)17-12-26-30(13-17)18-8-4-6-15-7-5-9-25-21(15)18/h5,7,9-14,18H,3-4,6,8H2,1-2H3,(H2,24,29)(H,27,32)/t14-,18?/m0/s1. The van der Waals surface area contributed by atoms with Gasteiger partial charge in [0, 0.05) is 24.0 Å². The number of aryl methyl sites for hydroxylation is 1. The molecule has 32 heavy (non-hydrogen) atoms. The summed E-state index contributed by atoms with van der Waals surface area (Å²) >= 11 is 0. The molecule has 0 bridgehead atoms. The van der Waals surface area contributed by atoms with Gasteiger partial charge in [-0.25, -0.2) is 4.52 Å². The van der Waals surface area contributed by atoms with Crippen molar-refractivity contribution in [3.63, 3.8) is 0 Å². The Bertz CT molecular complexity index is 1290. The highest BCUT2D eigenvalue weighted by Crippen LogP contribution is 2.32. The van der Waals surface area contributed by atoms with E-state index in [4.69, 9.17) is 5.73 Å². The second-order valence-corrected chi connectivity index (χ2v) is 8.32. The SMILES string of the molecule is CC[C@H](C)NC(=O)c1cc(-c2cnn(C3CCCc4cccnc43)c2)cc2nc(N)nn12. The number of hydrogen-bond donors (Lipinski definition) is 2. The van der Waals surface area contributed by atoms with E-state index in [1.165, 1.54) is 10.1 Å². The van der Waals surface area contributed by atoms with E-state index < -0.39 is 0 Å². The van der Waals surface area contributed by atoms with Crippen LogP contribution in [0.1, 0.15) is 60.9 Å². The van der Waals surface area contributed by atoms with Crippen LogP contribution in [-0.4, -0.2) is 41.3 Å². The van der Waals surface area contributed by atoms with Crippen molar-refractivity contribution >= 4 is 17.5 Å². The van der Waals surface area contributed by atoms with Gasteiger partial charge in [0.25, 0.3) is 5.91 Å². The van der Waals surface area contributed by atoms with Crippen molar-refractivity contribution in [2.24, 2.45) is 0 Å². The second-order valence-electron chi connectivity index (χ2n) is 8.32. The van der Waals surface area contributed by atoms with Crippen LogP contribution in [0.25, 0.3) is 16.8 Å². The van der Waals surface area contributed by atoms with E-state index in [2.05, 4.69) is 31.5 Å². The minimum Gasteiger partial charge on any atom is -0.366 e. The molecule has 164 valence electrons. The fraction of sp³-hybridized carbons (Fsp3) is 0.348. The first kappa shape index (κ1) is 20.2. The van der Waals surface area contributed by atoms with E-state index >= 15 is 0 Å². The van der Waals surface area contributed by atoms with Crippen molar-refractivity contribution < 1.29 is 4.79 Å². The van der Waals surface area contributed by atoms with Gasteiger partial charge in [-0.1, -0.05) is 13.0 Å². The Morgan fingerprint density at radius 1 is 1.34 bits per heavy atom. The van der Waals surface area contributed by atoms with E-state index in [0.717, 1.165) is 42.5 Å². The highest BCUT2D eigenvalue weighted by Gasteiger charge is 2.24. The molecule has 4 aromatic heterocycles. The highest BCUT2D eigenvalue weighted by atomic mass is 16.2. The minimum atomic E-state index is -0.214. The maximum Gasteiger partial charge on any atom is 0.270 e. The molecule has 1 amide bonds. The van der Waals surface area contributed by atoms with Gasteiger partial charge in [0.2, 0.25) is 5.95 Å². The summed E-state index contributed by atoms with van der Waals surface area (Å²) in [6.45, 7) is 3.99. The van der Waals surface area contributed by atoms with E-state index in [-0.39, 0.29) is 23.9 Å². The van der Waals surface area contributed by atoms with Crippen molar-refractivity contribution in [1.29, 1.82) is 0 Å². The molecule has 9 heteroatoms. The third kappa shape index (κ3) is 3.59. The summed E-state index contributed by atoms with van der Waals surface area (Å²) < 4.78 is 3.46. The molecule has 0 aliphatic heterocycles.